The van der Waals surface area contributed by atoms with Gasteiger partial charge in [0.1, 0.15) is 12.4 Å². The van der Waals surface area contributed by atoms with Gasteiger partial charge in [0, 0.05) is 12.2 Å². The van der Waals surface area contributed by atoms with Crippen molar-refractivity contribution in [2.75, 3.05) is 5.73 Å². The molecular weight excluding hydrogens is 238 g/mol. The zero-order chi connectivity index (χ0) is 13.2. The average molecular weight is 259 g/mol. The van der Waals surface area contributed by atoms with Crippen molar-refractivity contribution in [2.24, 2.45) is 5.92 Å². The Labute approximate surface area is 113 Å². The van der Waals surface area contributed by atoms with Crippen LogP contribution in [0.5, 0.6) is 0 Å². The molecule has 1 aliphatic carbocycles. The minimum Gasteiger partial charge on any atom is -0.399 e. The summed E-state index contributed by atoms with van der Waals surface area (Å²) in [4.78, 5) is 4.49. The second-order valence-corrected chi connectivity index (χ2v) is 5.55. The number of hydrogen-bond donors (Lipinski definition) is 2. The van der Waals surface area contributed by atoms with E-state index in [9.17, 15) is 5.11 Å². The third kappa shape index (κ3) is 2.45. The van der Waals surface area contributed by atoms with Crippen molar-refractivity contribution in [2.45, 2.75) is 45.3 Å². The lowest BCUT2D eigenvalue weighted by molar-refractivity contribution is 0.255. The van der Waals surface area contributed by atoms with Crippen LogP contribution in [0, 0.1) is 5.92 Å². The molecule has 0 atom stereocenters. The number of hydrogen-bond acceptors (Lipinski definition) is 3. The molecule has 1 aliphatic rings. The molecule has 1 saturated carbocycles. The van der Waals surface area contributed by atoms with Gasteiger partial charge in [0.15, 0.2) is 0 Å². The maximum atomic E-state index is 9.50. The highest BCUT2D eigenvalue weighted by atomic mass is 16.3. The minimum atomic E-state index is -0.0126. The number of rotatable bonds is 3. The molecule has 1 aromatic heterocycles. The lowest BCUT2D eigenvalue weighted by Gasteiger charge is -2.23. The third-order valence-corrected chi connectivity index (χ3v) is 4.16. The summed E-state index contributed by atoms with van der Waals surface area (Å²) in [7, 11) is 0. The fourth-order valence-corrected chi connectivity index (χ4v) is 3.15. The van der Waals surface area contributed by atoms with Crippen molar-refractivity contribution < 1.29 is 5.11 Å². The topological polar surface area (TPSA) is 64.1 Å². The van der Waals surface area contributed by atoms with Crippen LogP contribution in [0.2, 0.25) is 0 Å². The van der Waals surface area contributed by atoms with E-state index in [1.807, 2.05) is 18.2 Å². The van der Waals surface area contributed by atoms with E-state index >= 15 is 0 Å². The van der Waals surface area contributed by atoms with Gasteiger partial charge in [-0.2, -0.15) is 0 Å². The standard InChI is InChI=1S/C15H21N3O/c16-12-6-7-14-13(8-12)17-15(10-19)18(14)9-11-4-2-1-3-5-11/h6-8,11,19H,1-5,9-10,16H2. The molecule has 3 N–H and O–H groups in total. The number of aliphatic hydroxyl groups excluding tert-OH is 1. The average Bonchev–Trinajstić information content (AvgIpc) is 2.77. The van der Waals surface area contributed by atoms with Gasteiger partial charge in [0.25, 0.3) is 0 Å². The summed E-state index contributed by atoms with van der Waals surface area (Å²) in [5, 5.41) is 9.50. The van der Waals surface area contributed by atoms with E-state index < -0.39 is 0 Å². The third-order valence-electron chi connectivity index (χ3n) is 4.16. The fourth-order valence-electron chi connectivity index (χ4n) is 3.15. The van der Waals surface area contributed by atoms with E-state index in [0.29, 0.717) is 5.92 Å². The van der Waals surface area contributed by atoms with Crippen LogP contribution in [0.3, 0.4) is 0 Å². The molecule has 4 heteroatoms. The molecule has 2 aromatic rings. The van der Waals surface area contributed by atoms with Crippen molar-refractivity contribution in [3.8, 4) is 0 Å². The first-order valence-electron chi connectivity index (χ1n) is 7.13. The Kier molecular flexibility index (Phi) is 3.42. The Balaban J connectivity index is 1.95. The van der Waals surface area contributed by atoms with Gasteiger partial charge in [0.05, 0.1) is 11.0 Å². The summed E-state index contributed by atoms with van der Waals surface area (Å²) in [5.74, 6) is 1.47. The highest BCUT2D eigenvalue weighted by Crippen LogP contribution is 2.28. The van der Waals surface area contributed by atoms with Gasteiger partial charge in [-0.05, 0) is 37.0 Å². The Hall–Kier alpha value is -1.55. The Bertz CT molecular complexity index is 570. The van der Waals surface area contributed by atoms with Crippen molar-refractivity contribution in [3.05, 3.63) is 24.0 Å². The van der Waals surface area contributed by atoms with Gasteiger partial charge >= 0.3 is 0 Å². The molecule has 19 heavy (non-hydrogen) atoms. The van der Waals surface area contributed by atoms with Crippen LogP contribution < -0.4 is 5.73 Å². The molecule has 0 saturated heterocycles. The van der Waals surface area contributed by atoms with Crippen molar-refractivity contribution in [1.29, 1.82) is 0 Å². The first-order chi connectivity index (χ1) is 9.28. The minimum absolute atomic E-state index is 0.0126. The maximum Gasteiger partial charge on any atom is 0.135 e. The molecule has 0 bridgehead atoms. The lowest BCUT2D eigenvalue weighted by atomic mass is 9.89. The summed E-state index contributed by atoms with van der Waals surface area (Å²) in [6.45, 7) is 0.956. The van der Waals surface area contributed by atoms with Gasteiger partial charge in [-0.25, -0.2) is 4.98 Å². The number of anilines is 1. The van der Waals surface area contributed by atoms with Crippen LogP contribution in [-0.4, -0.2) is 14.7 Å². The van der Waals surface area contributed by atoms with E-state index in [0.717, 1.165) is 29.1 Å². The molecule has 102 valence electrons. The Morgan fingerprint density at radius 3 is 2.79 bits per heavy atom. The summed E-state index contributed by atoms with van der Waals surface area (Å²) in [6.07, 6.45) is 6.61. The number of benzene rings is 1. The van der Waals surface area contributed by atoms with E-state index in [4.69, 9.17) is 5.73 Å². The van der Waals surface area contributed by atoms with Gasteiger partial charge in [-0.15, -0.1) is 0 Å². The molecule has 0 amide bonds. The first kappa shape index (κ1) is 12.5. The zero-order valence-electron chi connectivity index (χ0n) is 11.2. The highest BCUT2D eigenvalue weighted by molar-refractivity contribution is 5.79. The second-order valence-electron chi connectivity index (χ2n) is 5.55. The summed E-state index contributed by atoms with van der Waals surface area (Å²) in [6, 6.07) is 5.80. The van der Waals surface area contributed by atoms with Crippen molar-refractivity contribution in [1.82, 2.24) is 9.55 Å². The lowest BCUT2D eigenvalue weighted by Crippen LogP contribution is -2.16. The van der Waals surface area contributed by atoms with E-state index in [1.165, 1.54) is 32.1 Å². The van der Waals surface area contributed by atoms with Crippen LogP contribution in [0.25, 0.3) is 11.0 Å². The molecule has 4 nitrogen and oxygen atoms in total. The Morgan fingerprint density at radius 1 is 1.26 bits per heavy atom. The summed E-state index contributed by atoms with van der Waals surface area (Å²) < 4.78 is 2.17. The second kappa shape index (κ2) is 5.21. The number of imidazole rings is 1. The van der Waals surface area contributed by atoms with Gasteiger partial charge < -0.3 is 15.4 Å². The maximum absolute atomic E-state index is 9.50. The van der Waals surface area contributed by atoms with Gasteiger partial charge in [-0.1, -0.05) is 19.3 Å². The van der Waals surface area contributed by atoms with E-state index in [2.05, 4.69) is 9.55 Å². The molecule has 0 unspecified atom stereocenters. The SMILES string of the molecule is Nc1ccc2c(c1)nc(CO)n2CC1CCCCC1. The van der Waals surface area contributed by atoms with Gasteiger partial charge in [-0.3, -0.25) is 0 Å². The number of aliphatic hydroxyl groups is 1. The number of nitrogen functional groups attached to an aromatic ring is 1. The molecule has 1 fully saturated rings. The van der Waals surface area contributed by atoms with Crippen LogP contribution in [0.4, 0.5) is 5.69 Å². The van der Waals surface area contributed by atoms with Crippen molar-refractivity contribution >= 4 is 16.7 Å². The summed E-state index contributed by atoms with van der Waals surface area (Å²) in [5.41, 5.74) is 8.49. The largest absolute Gasteiger partial charge is 0.399 e. The number of aromatic nitrogens is 2. The van der Waals surface area contributed by atoms with E-state index in [1.54, 1.807) is 0 Å². The molecular formula is C15H21N3O. The van der Waals surface area contributed by atoms with Crippen molar-refractivity contribution in [3.63, 3.8) is 0 Å². The number of nitrogens with two attached hydrogens (primary N) is 1. The normalized spacial score (nSPS) is 17.1. The van der Waals surface area contributed by atoms with Crippen LogP contribution in [0.15, 0.2) is 18.2 Å². The molecule has 0 aliphatic heterocycles. The smallest absolute Gasteiger partial charge is 0.135 e. The molecule has 0 spiro atoms. The first-order valence-corrected chi connectivity index (χ1v) is 7.13. The quantitative estimate of drug-likeness (QED) is 0.833. The van der Waals surface area contributed by atoms with Crippen LogP contribution in [-0.2, 0) is 13.2 Å². The predicted octanol–water partition coefficient (Wildman–Crippen LogP) is 2.69. The van der Waals surface area contributed by atoms with Crippen LogP contribution >= 0.6 is 0 Å². The molecule has 3 rings (SSSR count). The van der Waals surface area contributed by atoms with Gasteiger partial charge in [0.2, 0.25) is 0 Å². The molecule has 0 radical (unpaired) electrons. The van der Waals surface area contributed by atoms with Crippen LogP contribution in [0.1, 0.15) is 37.9 Å². The predicted molar refractivity (Wildman–Crippen MR) is 76.6 cm³/mol. The summed E-state index contributed by atoms with van der Waals surface area (Å²) >= 11 is 0. The molecule has 1 heterocycles. The number of nitrogens with zero attached hydrogens (tertiary/aromatic N) is 2. The Morgan fingerprint density at radius 2 is 2.05 bits per heavy atom. The zero-order valence-corrected chi connectivity index (χ0v) is 11.2. The fraction of sp³-hybridized carbons (Fsp3) is 0.533. The highest BCUT2D eigenvalue weighted by Gasteiger charge is 2.17. The number of fused-ring (bicyclic) bond motifs is 1. The van der Waals surface area contributed by atoms with E-state index in [-0.39, 0.29) is 6.61 Å². The molecule has 1 aromatic carbocycles. The monoisotopic (exact) mass is 259 g/mol.